The Morgan fingerprint density at radius 2 is 2.35 bits per heavy atom. The third-order valence-corrected chi connectivity index (χ3v) is 3.99. The number of rotatable bonds is 4. The van der Waals surface area contributed by atoms with Crippen LogP contribution in [0.3, 0.4) is 0 Å². The molecule has 0 aliphatic carbocycles. The smallest absolute Gasteiger partial charge is 0.139 e. The van der Waals surface area contributed by atoms with Crippen molar-refractivity contribution in [3.63, 3.8) is 0 Å². The van der Waals surface area contributed by atoms with Crippen LogP contribution in [0.2, 0.25) is 0 Å². The number of hydrogen-bond acceptors (Lipinski definition) is 3. The van der Waals surface area contributed by atoms with Gasteiger partial charge in [0.1, 0.15) is 11.6 Å². The fourth-order valence-corrected chi connectivity index (χ4v) is 2.88. The molecule has 3 rings (SSSR count). The lowest BCUT2D eigenvalue weighted by Gasteiger charge is -2.13. The monoisotopic (exact) mass is 271 g/mol. The van der Waals surface area contributed by atoms with E-state index in [4.69, 9.17) is 4.74 Å². The van der Waals surface area contributed by atoms with Gasteiger partial charge in [0.05, 0.1) is 7.11 Å². The highest BCUT2D eigenvalue weighted by atomic mass is 16.5. The lowest BCUT2D eigenvalue weighted by atomic mass is 10.1. The van der Waals surface area contributed by atoms with Crippen LogP contribution in [0.5, 0.6) is 5.75 Å². The van der Waals surface area contributed by atoms with Gasteiger partial charge < -0.3 is 14.6 Å². The summed E-state index contributed by atoms with van der Waals surface area (Å²) in [5, 5.41) is 3.42. The molecule has 1 fully saturated rings. The Morgan fingerprint density at radius 1 is 1.45 bits per heavy atom. The van der Waals surface area contributed by atoms with E-state index in [1.165, 1.54) is 6.42 Å². The molecule has 4 heteroatoms. The van der Waals surface area contributed by atoms with E-state index >= 15 is 0 Å². The first-order valence-corrected chi connectivity index (χ1v) is 7.15. The zero-order chi connectivity index (χ0) is 13.9. The molecule has 1 aliphatic heterocycles. The van der Waals surface area contributed by atoms with Crippen LogP contribution in [-0.2, 0) is 6.54 Å². The van der Waals surface area contributed by atoms with Gasteiger partial charge in [-0.05, 0) is 56.1 Å². The lowest BCUT2D eigenvalue weighted by molar-refractivity contribution is 0.411. The van der Waals surface area contributed by atoms with E-state index in [0.29, 0.717) is 5.92 Å². The Morgan fingerprint density at radius 3 is 3.05 bits per heavy atom. The van der Waals surface area contributed by atoms with Crippen LogP contribution in [0.15, 0.2) is 30.6 Å². The number of aromatic nitrogens is 2. The molecule has 2 heterocycles. The first-order valence-electron chi connectivity index (χ1n) is 7.15. The summed E-state index contributed by atoms with van der Waals surface area (Å²) < 4.78 is 7.58. The molecule has 1 N–H and O–H groups in total. The van der Waals surface area contributed by atoms with Gasteiger partial charge in [-0.2, -0.15) is 0 Å². The lowest BCUT2D eigenvalue weighted by Crippen LogP contribution is -2.14. The van der Waals surface area contributed by atoms with Crippen LogP contribution in [-0.4, -0.2) is 29.8 Å². The summed E-state index contributed by atoms with van der Waals surface area (Å²) in [6.45, 7) is 5.35. The van der Waals surface area contributed by atoms with E-state index < -0.39 is 0 Å². The van der Waals surface area contributed by atoms with E-state index in [0.717, 1.165) is 42.3 Å². The maximum Gasteiger partial charge on any atom is 0.139 e. The van der Waals surface area contributed by atoms with Crippen molar-refractivity contribution in [1.29, 1.82) is 0 Å². The molecule has 1 saturated heterocycles. The molecule has 0 amide bonds. The van der Waals surface area contributed by atoms with Crippen molar-refractivity contribution >= 4 is 0 Å². The number of imidazole rings is 1. The number of methoxy groups -OCH3 is 1. The van der Waals surface area contributed by atoms with Gasteiger partial charge in [0.25, 0.3) is 0 Å². The fraction of sp³-hybridized carbons (Fsp3) is 0.438. The van der Waals surface area contributed by atoms with E-state index in [9.17, 15) is 0 Å². The molecule has 1 atom stereocenters. The third kappa shape index (κ3) is 2.56. The van der Waals surface area contributed by atoms with Crippen molar-refractivity contribution in [2.24, 2.45) is 5.92 Å². The van der Waals surface area contributed by atoms with Crippen LogP contribution in [0.1, 0.15) is 12.0 Å². The molecule has 0 bridgehead atoms. The minimum atomic E-state index is 0.710. The SMILES string of the molecule is COc1ccc(-c2nccn2C[C@@H]2CCNC2)cc1C. The van der Waals surface area contributed by atoms with Crippen LogP contribution >= 0.6 is 0 Å². The largest absolute Gasteiger partial charge is 0.496 e. The van der Waals surface area contributed by atoms with Gasteiger partial charge in [-0.3, -0.25) is 0 Å². The summed E-state index contributed by atoms with van der Waals surface area (Å²) >= 11 is 0. The summed E-state index contributed by atoms with van der Waals surface area (Å²) in [5.41, 5.74) is 2.29. The van der Waals surface area contributed by atoms with Gasteiger partial charge in [0.2, 0.25) is 0 Å². The molecular weight excluding hydrogens is 250 g/mol. The highest BCUT2D eigenvalue weighted by molar-refractivity contribution is 5.59. The number of nitrogens with zero attached hydrogens (tertiary/aromatic N) is 2. The van der Waals surface area contributed by atoms with Gasteiger partial charge in [0, 0.05) is 24.5 Å². The second-order valence-corrected chi connectivity index (χ2v) is 5.45. The minimum absolute atomic E-state index is 0.710. The maximum absolute atomic E-state index is 5.32. The number of ether oxygens (including phenoxy) is 1. The standard InChI is InChI=1S/C16H21N3O/c1-12-9-14(3-4-15(12)20-2)16-18-7-8-19(16)11-13-5-6-17-10-13/h3-4,7-9,13,17H,5-6,10-11H2,1-2H3/t13-/m1/s1. The zero-order valence-corrected chi connectivity index (χ0v) is 12.1. The second-order valence-electron chi connectivity index (χ2n) is 5.45. The summed E-state index contributed by atoms with van der Waals surface area (Å²) in [6, 6.07) is 6.24. The van der Waals surface area contributed by atoms with Crippen LogP contribution < -0.4 is 10.1 Å². The average molecular weight is 271 g/mol. The van der Waals surface area contributed by atoms with Gasteiger partial charge >= 0.3 is 0 Å². The Labute approximate surface area is 119 Å². The average Bonchev–Trinajstić information content (AvgIpc) is 3.11. The Kier molecular flexibility index (Phi) is 3.74. The molecule has 0 radical (unpaired) electrons. The predicted molar refractivity (Wildman–Crippen MR) is 79.9 cm³/mol. The molecule has 1 aromatic carbocycles. The summed E-state index contributed by atoms with van der Waals surface area (Å²) in [4.78, 5) is 4.53. The van der Waals surface area contributed by atoms with Crippen LogP contribution in [0.4, 0.5) is 0 Å². The number of nitrogens with one attached hydrogen (secondary N) is 1. The molecule has 0 saturated carbocycles. The van der Waals surface area contributed by atoms with Crippen molar-refractivity contribution < 1.29 is 4.74 Å². The summed E-state index contributed by atoms with van der Waals surface area (Å²) in [6.07, 6.45) is 5.21. The molecule has 20 heavy (non-hydrogen) atoms. The Bertz CT molecular complexity index is 585. The molecule has 106 valence electrons. The summed E-state index contributed by atoms with van der Waals surface area (Å²) in [5.74, 6) is 2.68. The highest BCUT2D eigenvalue weighted by Crippen LogP contribution is 2.26. The minimum Gasteiger partial charge on any atom is -0.496 e. The maximum atomic E-state index is 5.32. The molecule has 2 aromatic rings. The normalized spacial score (nSPS) is 18.4. The molecule has 1 aliphatic rings. The topological polar surface area (TPSA) is 39.1 Å². The molecule has 0 unspecified atom stereocenters. The van der Waals surface area contributed by atoms with Gasteiger partial charge in [-0.15, -0.1) is 0 Å². The summed E-state index contributed by atoms with van der Waals surface area (Å²) in [7, 11) is 1.70. The Hall–Kier alpha value is -1.81. The zero-order valence-electron chi connectivity index (χ0n) is 12.1. The first-order chi connectivity index (χ1) is 9.78. The quantitative estimate of drug-likeness (QED) is 0.928. The number of benzene rings is 1. The molecular formula is C16H21N3O. The van der Waals surface area contributed by atoms with Crippen molar-refractivity contribution in [3.05, 3.63) is 36.2 Å². The number of hydrogen-bond donors (Lipinski definition) is 1. The van der Waals surface area contributed by atoms with Crippen molar-refractivity contribution in [3.8, 4) is 17.1 Å². The van der Waals surface area contributed by atoms with E-state index in [1.807, 2.05) is 12.3 Å². The highest BCUT2D eigenvalue weighted by Gasteiger charge is 2.17. The fourth-order valence-electron chi connectivity index (χ4n) is 2.88. The molecule has 0 spiro atoms. The Balaban J connectivity index is 1.86. The van der Waals surface area contributed by atoms with Crippen molar-refractivity contribution in [2.45, 2.75) is 19.9 Å². The predicted octanol–water partition coefficient (Wildman–Crippen LogP) is 2.48. The second kappa shape index (κ2) is 5.67. The van der Waals surface area contributed by atoms with Crippen molar-refractivity contribution in [1.82, 2.24) is 14.9 Å². The number of aryl methyl sites for hydroxylation is 1. The third-order valence-electron chi connectivity index (χ3n) is 3.99. The van der Waals surface area contributed by atoms with Gasteiger partial charge in [-0.1, -0.05) is 0 Å². The molecule has 4 nitrogen and oxygen atoms in total. The first kappa shape index (κ1) is 13.2. The van der Waals surface area contributed by atoms with E-state index in [1.54, 1.807) is 7.11 Å². The van der Waals surface area contributed by atoms with Gasteiger partial charge in [0.15, 0.2) is 0 Å². The van der Waals surface area contributed by atoms with E-state index in [2.05, 4.69) is 40.1 Å². The molecule has 1 aromatic heterocycles. The van der Waals surface area contributed by atoms with Gasteiger partial charge in [-0.25, -0.2) is 4.98 Å². The van der Waals surface area contributed by atoms with Crippen molar-refractivity contribution in [2.75, 3.05) is 20.2 Å². The van der Waals surface area contributed by atoms with Crippen LogP contribution in [0.25, 0.3) is 11.4 Å². The van der Waals surface area contributed by atoms with E-state index in [-0.39, 0.29) is 0 Å². The van der Waals surface area contributed by atoms with Crippen LogP contribution in [0, 0.1) is 12.8 Å².